The van der Waals surface area contributed by atoms with E-state index < -0.39 is 0 Å². The number of urea groups is 1. The van der Waals surface area contributed by atoms with Gasteiger partial charge >= 0.3 is 6.03 Å². The highest BCUT2D eigenvalue weighted by Gasteiger charge is 2.42. The molecule has 4 heteroatoms. The molecule has 1 N–H and O–H groups in total. The number of pyridine rings is 1. The number of anilines is 1. The zero-order valence-corrected chi connectivity index (χ0v) is 13.1. The number of fused-ring (bicyclic) bond motifs is 1. The van der Waals surface area contributed by atoms with Crippen molar-refractivity contribution in [1.82, 2.24) is 9.88 Å². The molecule has 0 bridgehead atoms. The summed E-state index contributed by atoms with van der Waals surface area (Å²) in [4.78, 5) is 18.4. The van der Waals surface area contributed by atoms with Crippen LogP contribution in [-0.4, -0.2) is 29.0 Å². The number of benzene rings is 1. The number of amides is 2. The van der Waals surface area contributed by atoms with Gasteiger partial charge in [-0.1, -0.05) is 37.8 Å². The highest BCUT2D eigenvalue weighted by atomic mass is 16.2. The Balaban J connectivity index is 0.00000169. The average Bonchev–Trinajstić information content (AvgIpc) is 3.15. The fourth-order valence-electron chi connectivity index (χ4n) is 4.10. The highest BCUT2D eigenvalue weighted by Crippen LogP contribution is 2.46. The van der Waals surface area contributed by atoms with E-state index in [9.17, 15) is 4.79 Å². The van der Waals surface area contributed by atoms with Crippen LogP contribution in [0.5, 0.6) is 0 Å². The van der Waals surface area contributed by atoms with E-state index in [1.54, 1.807) is 12.4 Å². The van der Waals surface area contributed by atoms with Crippen molar-refractivity contribution in [1.29, 1.82) is 0 Å². The Labute approximate surface area is 143 Å². The molecule has 2 amide bonds. The summed E-state index contributed by atoms with van der Waals surface area (Å²) in [6.45, 7) is 1.75. The van der Waals surface area contributed by atoms with E-state index in [-0.39, 0.29) is 13.5 Å². The van der Waals surface area contributed by atoms with Gasteiger partial charge in [-0.2, -0.15) is 0 Å². The lowest BCUT2D eigenvalue weighted by Crippen LogP contribution is -2.33. The Morgan fingerprint density at radius 2 is 1.75 bits per heavy atom. The van der Waals surface area contributed by atoms with Crippen LogP contribution in [0.2, 0.25) is 0 Å². The van der Waals surface area contributed by atoms with E-state index in [0.717, 1.165) is 18.8 Å². The summed E-state index contributed by atoms with van der Waals surface area (Å²) in [6, 6.07) is 14.5. The lowest BCUT2D eigenvalue weighted by atomic mass is 9.96. The van der Waals surface area contributed by atoms with Gasteiger partial charge in [0, 0.05) is 19.3 Å². The fourth-order valence-corrected chi connectivity index (χ4v) is 4.10. The van der Waals surface area contributed by atoms with Gasteiger partial charge in [0.15, 0.2) is 0 Å². The number of hydrogen-bond donors (Lipinski definition) is 1. The summed E-state index contributed by atoms with van der Waals surface area (Å²) in [5.74, 6) is 1.94. The molecule has 4 nitrogen and oxygen atoms in total. The van der Waals surface area contributed by atoms with E-state index in [4.69, 9.17) is 0 Å². The van der Waals surface area contributed by atoms with Crippen LogP contribution < -0.4 is 5.32 Å². The van der Waals surface area contributed by atoms with E-state index in [1.165, 1.54) is 18.4 Å². The number of carbonyl (C=O) groups excluding carboxylic acids is 1. The molecule has 126 valence electrons. The Bertz CT molecular complexity index is 660. The van der Waals surface area contributed by atoms with Gasteiger partial charge in [-0.15, -0.1) is 0 Å². The standard InChI is InChI=1S/C19H21N3O.CH4/c23-19(21-18-7-4-8-20-11-18)22-12-16-9-15(10-17(16)13-22)14-5-2-1-3-6-14;/h1-8,11,15-17H,9-10,12-13H2,(H,21,23);1H4/t15?,16-,17+;. The first-order valence-electron chi connectivity index (χ1n) is 8.30. The molecule has 2 aromatic rings. The van der Waals surface area contributed by atoms with Gasteiger partial charge in [-0.05, 0) is 48.3 Å². The number of nitrogens with one attached hydrogen (secondary N) is 1. The third kappa shape index (κ3) is 3.28. The quantitative estimate of drug-likeness (QED) is 0.891. The molecule has 3 atom stereocenters. The number of carbonyl (C=O) groups is 1. The van der Waals surface area contributed by atoms with E-state index >= 15 is 0 Å². The van der Waals surface area contributed by atoms with Crippen molar-refractivity contribution in [3.63, 3.8) is 0 Å². The van der Waals surface area contributed by atoms with Crippen LogP contribution in [0.15, 0.2) is 54.9 Å². The van der Waals surface area contributed by atoms with Gasteiger partial charge in [-0.3, -0.25) is 4.98 Å². The second-order valence-corrected chi connectivity index (χ2v) is 6.68. The first kappa shape index (κ1) is 16.5. The predicted molar refractivity (Wildman–Crippen MR) is 97.0 cm³/mol. The Morgan fingerprint density at radius 3 is 2.38 bits per heavy atom. The second-order valence-electron chi connectivity index (χ2n) is 6.68. The van der Waals surface area contributed by atoms with Crippen molar-refractivity contribution in [2.24, 2.45) is 11.8 Å². The Hall–Kier alpha value is -2.36. The molecule has 1 aliphatic carbocycles. The summed E-state index contributed by atoms with van der Waals surface area (Å²) in [5.41, 5.74) is 2.21. The maximum absolute atomic E-state index is 12.4. The smallest absolute Gasteiger partial charge is 0.321 e. The predicted octanol–water partition coefficient (Wildman–Crippen LogP) is 4.38. The number of nitrogens with zero attached hydrogens (tertiary/aromatic N) is 2. The summed E-state index contributed by atoms with van der Waals surface area (Å²) in [7, 11) is 0. The van der Waals surface area contributed by atoms with Crippen molar-refractivity contribution in [3.8, 4) is 0 Å². The van der Waals surface area contributed by atoms with Crippen LogP contribution in [0.1, 0.15) is 31.7 Å². The van der Waals surface area contributed by atoms with E-state index in [2.05, 4.69) is 40.6 Å². The molecular weight excluding hydrogens is 298 g/mol. The maximum atomic E-state index is 12.4. The van der Waals surface area contributed by atoms with Gasteiger partial charge in [0.1, 0.15) is 0 Å². The van der Waals surface area contributed by atoms with E-state index in [1.807, 2.05) is 17.0 Å². The lowest BCUT2D eigenvalue weighted by Gasteiger charge is -2.20. The first-order chi connectivity index (χ1) is 11.3. The molecule has 0 radical (unpaired) electrons. The molecule has 1 saturated heterocycles. The third-order valence-electron chi connectivity index (χ3n) is 5.22. The van der Waals surface area contributed by atoms with Crippen molar-refractivity contribution < 1.29 is 4.79 Å². The molecule has 1 aliphatic heterocycles. The number of likely N-dealkylation sites (tertiary alicyclic amines) is 1. The summed E-state index contributed by atoms with van der Waals surface area (Å²) in [5, 5.41) is 2.94. The normalized spacial score (nSPS) is 25.0. The molecule has 2 heterocycles. The summed E-state index contributed by atoms with van der Waals surface area (Å²) in [6.07, 6.45) is 5.79. The molecule has 1 saturated carbocycles. The monoisotopic (exact) mass is 323 g/mol. The molecule has 1 aromatic heterocycles. The Morgan fingerprint density at radius 1 is 1.04 bits per heavy atom. The Kier molecular flexibility index (Phi) is 4.84. The fraction of sp³-hybridized carbons (Fsp3) is 0.400. The van der Waals surface area contributed by atoms with Gasteiger partial charge in [0.2, 0.25) is 0 Å². The van der Waals surface area contributed by atoms with Gasteiger partial charge in [-0.25, -0.2) is 4.79 Å². The third-order valence-corrected chi connectivity index (χ3v) is 5.22. The second kappa shape index (κ2) is 7.04. The van der Waals surface area contributed by atoms with Crippen LogP contribution in [0.4, 0.5) is 10.5 Å². The molecule has 4 rings (SSSR count). The molecule has 1 unspecified atom stereocenters. The van der Waals surface area contributed by atoms with Crippen LogP contribution in [-0.2, 0) is 0 Å². The van der Waals surface area contributed by atoms with E-state index in [0.29, 0.717) is 17.8 Å². The minimum absolute atomic E-state index is 0. The topological polar surface area (TPSA) is 45.2 Å². The first-order valence-corrected chi connectivity index (χ1v) is 8.30. The largest absolute Gasteiger partial charge is 0.324 e. The number of aromatic nitrogens is 1. The summed E-state index contributed by atoms with van der Waals surface area (Å²) >= 11 is 0. The number of hydrogen-bond acceptors (Lipinski definition) is 2. The van der Waals surface area contributed by atoms with Crippen molar-refractivity contribution in [3.05, 3.63) is 60.4 Å². The number of rotatable bonds is 2. The minimum atomic E-state index is 0. The van der Waals surface area contributed by atoms with Crippen molar-refractivity contribution in [2.75, 3.05) is 18.4 Å². The van der Waals surface area contributed by atoms with Gasteiger partial charge in [0.05, 0.1) is 11.9 Å². The SMILES string of the molecule is C.O=C(Nc1cccnc1)N1C[C@H]2CC(c3ccccc3)C[C@H]2C1. The van der Waals surface area contributed by atoms with Crippen LogP contribution in [0, 0.1) is 11.8 Å². The molecular formula is C20H25N3O. The van der Waals surface area contributed by atoms with Gasteiger partial charge in [0.25, 0.3) is 0 Å². The average molecular weight is 323 g/mol. The van der Waals surface area contributed by atoms with Crippen molar-refractivity contribution >= 4 is 11.7 Å². The lowest BCUT2D eigenvalue weighted by molar-refractivity contribution is 0.218. The zero-order chi connectivity index (χ0) is 15.6. The molecule has 1 aromatic carbocycles. The summed E-state index contributed by atoms with van der Waals surface area (Å²) < 4.78 is 0. The molecule has 2 aliphatic rings. The van der Waals surface area contributed by atoms with Crippen LogP contribution in [0.25, 0.3) is 0 Å². The zero-order valence-electron chi connectivity index (χ0n) is 13.1. The van der Waals surface area contributed by atoms with Crippen LogP contribution >= 0.6 is 0 Å². The minimum Gasteiger partial charge on any atom is -0.324 e. The van der Waals surface area contributed by atoms with Crippen molar-refractivity contribution in [2.45, 2.75) is 26.2 Å². The molecule has 0 spiro atoms. The highest BCUT2D eigenvalue weighted by molar-refractivity contribution is 5.89. The molecule has 24 heavy (non-hydrogen) atoms. The van der Waals surface area contributed by atoms with Crippen LogP contribution in [0.3, 0.4) is 0 Å². The molecule has 2 fully saturated rings. The van der Waals surface area contributed by atoms with Gasteiger partial charge < -0.3 is 10.2 Å². The maximum Gasteiger partial charge on any atom is 0.321 e.